The molecular weight excluding hydrogens is 542 g/mol. The lowest BCUT2D eigenvalue weighted by atomic mass is 10.1. The molecule has 14 heteroatoms. The quantitative estimate of drug-likeness (QED) is 0.217. The average Bonchev–Trinajstić information content (AvgIpc) is 3.30. The van der Waals surface area contributed by atoms with Crippen molar-refractivity contribution in [1.82, 2.24) is 19.4 Å². The number of carbonyl (C=O) groups is 1. The second-order valence-electron chi connectivity index (χ2n) is 12.4. The molecule has 0 saturated carbocycles. The molecule has 4 heterocycles. The third-order valence-electron chi connectivity index (χ3n) is 6.58. The molecule has 0 aliphatic carbocycles. The lowest BCUT2D eigenvalue weighted by Crippen LogP contribution is -2.65. The first-order valence-electron chi connectivity index (χ1n) is 13.0. The zero-order valence-corrected chi connectivity index (χ0v) is 26.1. The van der Waals surface area contributed by atoms with Crippen molar-refractivity contribution in [3.05, 3.63) is 15.9 Å². The van der Waals surface area contributed by atoms with E-state index in [0.717, 1.165) is 11.3 Å². The molecule has 2 fully saturated rings. The fourth-order valence-corrected chi connectivity index (χ4v) is 11.0. The Morgan fingerprint density at radius 2 is 1.92 bits per heavy atom. The molecule has 0 radical (unpaired) electrons. The smallest absolute Gasteiger partial charge is 0.432 e. The first-order chi connectivity index (χ1) is 18.0. The van der Waals surface area contributed by atoms with Gasteiger partial charge in [-0.1, -0.05) is 52.9 Å². The first kappa shape index (κ1) is 29.6. The van der Waals surface area contributed by atoms with Gasteiger partial charge in [-0.05, 0) is 13.8 Å². The third kappa shape index (κ3) is 5.62. The largest absolute Gasteiger partial charge is 0.509 e. The summed E-state index contributed by atoms with van der Waals surface area (Å²) in [6.45, 7) is 16.3. The molecule has 4 atom stereocenters. The highest BCUT2D eigenvalue weighted by molar-refractivity contribution is 7.16. The molecule has 216 valence electrons. The SMILES string of the molecule is CC(C)OC(=O)OC1C2O[Si](C(C)(C)C)(C(C)(C)C)OCC2OC1n1c(=O)sc2cnc(N=CN(C)C)nc21. The van der Waals surface area contributed by atoms with Crippen molar-refractivity contribution in [2.75, 3.05) is 20.7 Å². The van der Waals surface area contributed by atoms with E-state index in [0.29, 0.717) is 10.3 Å². The maximum absolute atomic E-state index is 13.3. The second-order valence-corrected chi connectivity index (χ2v) is 18.1. The first-order valence-corrected chi connectivity index (χ1v) is 15.6. The zero-order valence-electron chi connectivity index (χ0n) is 24.3. The fourth-order valence-electron chi connectivity index (χ4n) is 5.27. The van der Waals surface area contributed by atoms with E-state index >= 15 is 0 Å². The maximum Gasteiger partial charge on any atom is 0.509 e. The number of hydrogen-bond acceptors (Lipinski definition) is 11. The summed E-state index contributed by atoms with van der Waals surface area (Å²) in [6, 6.07) is 0. The summed E-state index contributed by atoms with van der Waals surface area (Å²) in [6.07, 6.45) is -1.40. The summed E-state index contributed by atoms with van der Waals surface area (Å²) in [5, 5.41) is -0.619. The van der Waals surface area contributed by atoms with E-state index in [1.807, 2.05) is 14.1 Å². The molecule has 0 N–H and O–H groups in total. The Labute approximate surface area is 233 Å². The molecule has 2 aliphatic heterocycles. The average molecular weight is 582 g/mol. The Kier molecular flexibility index (Phi) is 8.00. The summed E-state index contributed by atoms with van der Waals surface area (Å²) in [5.41, 5.74) is 0.330. The normalized spacial score (nSPS) is 25.3. The molecule has 12 nitrogen and oxygen atoms in total. The molecule has 0 amide bonds. The van der Waals surface area contributed by atoms with E-state index in [1.54, 1.807) is 31.3 Å². The second kappa shape index (κ2) is 10.5. The highest BCUT2D eigenvalue weighted by atomic mass is 32.1. The predicted octanol–water partition coefficient (Wildman–Crippen LogP) is 4.36. The van der Waals surface area contributed by atoms with Crippen LogP contribution in [0, 0.1) is 0 Å². The highest BCUT2D eigenvalue weighted by Gasteiger charge is 2.66. The van der Waals surface area contributed by atoms with Crippen molar-refractivity contribution in [1.29, 1.82) is 0 Å². The van der Waals surface area contributed by atoms with Crippen LogP contribution in [0.3, 0.4) is 0 Å². The van der Waals surface area contributed by atoms with Gasteiger partial charge in [-0.2, -0.15) is 4.98 Å². The van der Waals surface area contributed by atoms with Gasteiger partial charge < -0.3 is 28.0 Å². The topological polar surface area (TPSA) is 127 Å². The van der Waals surface area contributed by atoms with Crippen molar-refractivity contribution in [2.45, 2.75) is 96.1 Å². The predicted molar refractivity (Wildman–Crippen MR) is 150 cm³/mol. The van der Waals surface area contributed by atoms with Crippen molar-refractivity contribution < 1.29 is 27.9 Å². The van der Waals surface area contributed by atoms with Crippen molar-refractivity contribution in [3.8, 4) is 0 Å². The van der Waals surface area contributed by atoms with Crippen LogP contribution in [-0.2, 0) is 23.1 Å². The van der Waals surface area contributed by atoms with Gasteiger partial charge in [0.15, 0.2) is 18.0 Å². The fraction of sp³-hybridized carbons (Fsp3) is 0.720. The van der Waals surface area contributed by atoms with E-state index in [-0.39, 0.29) is 27.5 Å². The van der Waals surface area contributed by atoms with Crippen LogP contribution in [0.25, 0.3) is 10.3 Å². The summed E-state index contributed by atoms with van der Waals surface area (Å²) in [7, 11) is 0.703. The molecule has 2 saturated heterocycles. The number of aliphatic imine (C=N–C) groups is 1. The van der Waals surface area contributed by atoms with Crippen LogP contribution >= 0.6 is 11.3 Å². The molecule has 0 spiro atoms. The zero-order chi connectivity index (χ0) is 28.9. The van der Waals surface area contributed by atoms with Gasteiger partial charge in [0.25, 0.3) is 5.95 Å². The number of nitrogens with zero attached hydrogens (tertiary/aromatic N) is 5. The minimum atomic E-state index is -2.96. The van der Waals surface area contributed by atoms with Gasteiger partial charge in [-0.25, -0.2) is 14.8 Å². The maximum atomic E-state index is 13.3. The van der Waals surface area contributed by atoms with Gasteiger partial charge in [0.2, 0.25) is 0 Å². The molecule has 0 aromatic carbocycles. The van der Waals surface area contributed by atoms with Crippen molar-refractivity contribution in [2.24, 2.45) is 4.99 Å². The van der Waals surface area contributed by atoms with Gasteiger partial charge >= 0.3 is 19.6 Å². The summed E-state index contributed by atoms with van der Waals surface area (Å²) < 4.78 is 33.0. The number of aromatic nitrogens is 3. The number of thiazole rings is 1. The van der Waals surface area contributed by atoms with Crippen LogP contribution in [0.15, 0.2) is 16.0 Å². The van der Waals surface area contributed by atoms with E-state index in [9.17, 15) is 9.59 Å². The molecule has 4 unspecified atom stereocenters. The molecule has 2 aromatic rings. The molecular formula is C25H39N5O7SSi. The molecule has 39 heavy (non-hydrogen) atoms. The van der Waals surface area contributed by atoms with Crippen molar-refractivity contribution in [3.63, 3.8) is 0 Å². The Balaban J connectivity index is 1.81. The standard InChI is InChI=1S/C25H39N5O7SSi/c1-14(2)34-23(32)36-18-17-15(12-33-39(37-17,24(3,4)5)25(6,7)8)35-20(18)30-19-16(38-22(30)31)11-26-21(28-19)27-13-29(9)10/h11,13-15,17-18,20H,12H2,1-10H3. The lowest BCUT2D eigenvalue weighted by molar-refractivity contribution is -0.0800. The minimum absolute atomic E-state index is 0.182. The monoisotopic (exact) mass is 581 g/mol. The van der Waals surface area contributed by atoms with Crippen LogP contribution in [-0.4, -0.2) is 85.6 Å². The number of hydrogen-bond donors (Lipinski definition) is 0. The van der Waals surface area contributed by atoms with Crippen LogP contribution in [0.5, 0.6) is 0 Å². The highest BCUT2D eigenvalue weighted by Crippen LogP contribution is 2.56. The Bertz CT molecular complexity index is 1280. The van der Waals surface area contributed by atoms with Crippen LogP contribution in [0.4, 0.5) is 10.7 Å². The number of carbonyl (C=O) groups excluding carboxylic acids is 1. The Hall–Kier alpha value is -2.39. The van der Waals surface area contributed by atoms with Gasteiger partial charge in [-0.3, -0.25) is 9.36 Å². The molecule has 4 rings (SSSR count). The number of fused-ring (bicyclic) bond motifs is 2. The Morgan fingerprint density at radius 1 is 1.26 bits per heavy atom. The minimum Gasteiger partial charge on any atom is -0.432 e. The third-order valence-corrected chi connectivity index (χ3v) is 12.6. The van der Waals surface area contributed by atoms with Crippen LogP contribution in [0.2, 0.25) is 10.1 Å². The van der Waals surface area contributed by atoms with E-state index in [4.69, 9.17) is 23.1 Å². The van der Waals surface area contributed by atoms with Crippen LogP contribution in [0.1, 0.15) is 61.6 Å². The van der Waals surface area contributed by atoms with Gasteiger partial charge in [0.1, 0.15) is 12.2 Å². The summed E-state index contributed by atoms with van der Waals surface area (Å²) in [5.74, 6) is 0.182. The van der Waals surface area contributed by atoms with Crippen LogP contribution < -0.4 is 4.87 Å². The molecule has 2 aliphatic rings. The van der Waals surface area contributed by atoms with Gasteiger partial charge in [-0.15, -0.1) is 0 Å². The number of rotatable bonds is 5. The Morgan fingerprint density at radius 3 is 2.51 bits per heavy atom. The van der Waals surface area contributed by atoms with E-state index < -0.39 is 45.4 Å². The van der Waals surface area contributed by atoms with E-state index in [1.165, 1.54) is 4.57 Å². The summed E-state index contributed by atoms with van der Waals surface area (Å²) >= 11 is 0.977. The van der Waals surface area contributed by atoms with E-state index in [2.05, 4.69) is 56.5 Å². The lowest BCUT2D eigenvalue weighted by Gasteiger charge is -2.53. The number of ether oxygens (including phenoxy) is 3. The molecule has 2 aromatic heterocycles. The van der Waals surface area contributed by atoms with Crippen molar-refractivity contribution >= 4 is 48.7 Å². The summed E-state index contributed by atoms with van der Waals surface area (Å²) in [4.78, 5) is 40.6. The van der Waals surface area contributed by atoms with Gasteiger partial charge in [0, 0.05) is 24.2 Å². The molecule has 0 bridgehead atoms. The van der Waals surface area contributed by atoms with Gasteiger partial charge in [0.05, 0.1) is 29.9 Å².